The first-order chi connectivity index (χ1) is 11.8. The summed E-state index contributed by atoms with van der Waals surface area (Å²) < 4.78 is 1.64. The molecule has 0 amide bonds. The summed E-state index contributed by atoms with van der Waals surface area (Å²) in [6.45, 7) is 0. The monoisotopic (exact) mass is 317 g/mol. The molecule has 0 spiro atoms. The molecule has 1 unspecified atom stereocenters. The molecule has 0 bridgehead atoms. The van der Waals surface area contributed by atoms with Gasteiger partial charge in [0.25, 0.3) is 0 Å². The van der Waals surface area contributed by atoms with Crippen LogP contribution >= 0.6 is 0 Å². The standard InChI is InChI=1S/C19H19N5/c20-19-23-18(16-8-4-10-21-11-16)13-24(19)22-12-15-7-3-6-14-5-1-2-9-17(14)15/h1-2,4-5,8-13,15H,3,6-7H2,(H2,20,23)/b22-12+. The first-order valence-electron chi connectivity index (χ1n) is 8.19. The molecule has 0 radical (unpaired) electrons. The van der Waals surface area contributed by atoms with E-state index in [4.69, 9.17) is 5.73 Å². The van der Waals surface area contributed by atoms with Crippen molar-refractivity contribution >= 4 is 12.2 Å². The second-order valence-corrected chi connectivity index (χ2v) is 6.03. The van der Waals surface area contributed by atoms with Crippen LogP contribution < -0.4 is 5.73 Å². The average molecular weight is 317 g/mol. The molecule has 1 aliphatic carbocycles. The Morgan fingerprint density at radius 3 is 3.00 bits per heavy atom. The fraction of sp³-hybridized carbons (Fsp3) is 0.211. The van der Waals surface area contributed by atoms with Gasteiger partial charge in [-0.1, -0.05) is 24.3 Å². The lowest BCUT2D eigenvalue weighted by Gasteiger charge is -2.22. The van der Waals surface area contributed by atoms with Crippen LogP contribution in [0.15, 0.2) is 60.1 Å². The third-order valence-electron chi connectivity index (χ3n) is 4.46. The van der Waals surface area contributed by atoms with Crippen LogP contribution in [0, 0.1) is 0 Å². The van der Waals surface area contributed by atoms with Gasteiger partial charge in [-0.3, -0.25) is 4.98 Å². The number of pyridine rings is 1. The highest BCUT2D eigenvalue weighted by Crippen LogP contribution is 2.30. The van der Waals surface area contributed by atoms with E-state index in [0.717, 1.165) is 24.1 Å². The Bertz CT molecular complexity index is 866. The Morgan fingerprint density at radius 2 is 2.12 bits per heavy atom. The van der Waals surface area contributed by atoms with Gasteiger partial charge in [-0.05, 0) is 42.5 Å². The number of nitrogen functional groups attached to an aromatic ring is 1. The van der Waals surface area contributed by atoms with Gasteiger partial charge in [0.2, 0.25) is 5.95 Å². The Morgan fingerprint density at radius 1 is 1.21 bits per heavy atom. The van der Waals surface area contributed by atoms with E-state index in [-0.39, 0.29) is 0 Å². The molecule has 0 saturated carbocycles. The van der Waals surface area contributed by atoms with Crippen molar-refractivity contribution < 1.29 is 0 Å². The number of hydrogen-bond donors (Lipinski definition) is 1. The van der Waals surface area contributed by atoms with E-state index in [0.29, 0.717) is 11.9 Å². The topological polar surface area (TPSA) is 69.1 Å². The van der Waals surface area contributed by atoms with E-state index in [1.165, 1.54) is 17.5 Å². The van der Waals surface area contributed by atoms with E-state index in [1.54, 1.807) is 17.1 Å². The lowest BCUT2D eigenvalue weighted by molar-refractivity contribution is 0.652. The van der Waals surface area contributed by atoms with Crippen molar-refractivity contribution in [3.05, 3.63) is 66.1 Å². The third-order valence-corrected chi connectivity index (χ3v) is 4.46. The number of fused-ring (bicyclic) bond motifs is 1. The average Bonchev–Trinajstić information content (AvgIpc) is 3.01. The molecule has 5 nitrogen and oxygen atoms in total. The molecule has 120 valence electrons. The molecule has 24 heavy (non-hydrogen) atoms. The van der Waals surface area contributed by atoms with Crippen LogP contribution in [0.4, 0.5) is 5.95 Å². The summed E-state index contributed by atoms with van der Waals surface area (Å²) in [6, 6.07) is 12.4. The fourth-order valence-electron chi connectivity index (χ4n) is 3.23. The minimum atomic E-state index is 0.332. The molecular weight excluding hydrogens is 298 g/mol. The lowest BCUT2D eigenvalue weighted by atomic mass is 9.84. The van der Waals surface area contributed by atoms with Crippen molar-refractivity contribution in [2.75, 3.05) is 5.73 Å². The molecule has 0 aliphatic heterocycles. The normalized spacial score (nSPS) is 17.1. The van der Waals surface area contributed by atoms with Gasteiger partial charge in [0.1, 0.15) is 0 Å². The molecule has 2 aromatic heterocycles. The molecular formula is C19H19N5. The van der Waals surface area contributed by atoms with Gasteiger partial charge in [0, 0.05) is 30.1 Å². The van der Waals surface area contributed by atoms with Crippen LogP contribution in [0.3, 0.4) is 0 Å². The number of aromatic nitrogens is 3. The first kappa shape index (κ1) is 14.6. The van der Waals surface area contributed by atoms with Gasteiger partial charge >= 0.3 is 0 Å². The van der Waals surface area contributed by atoms with Crippen molar-refractivity contribution in [3.8, 4) is 11.3 Å². The molecule has 2 heterocycles. The van der Waals surface area contributed by atoms with Crippen molar-refractivity contribution in [1.82, 2.24) is 14.6 Å². The van der Waals surface area contributed by atoms with Crippen molar-refractivity contribution in [3.63, 3.8) is 0 Å². The molecule has 5 heteroatoms. The number of benzene rings is 1. The Balaban J connectivity index is 1.60. The number of hydrogen-bond acceptors (Lipinski definition) is 4. The zero-order valence-electron chi connectivity index (χ0n) is 13.3. The summed E-state index contributed by atoms with van der Waals surface area (Å²) >= 11 is 0. The molecule has 2 N–H and O–H groups in total. The largest absolute Gasteiger partial charge is 0.368 e. The summed E-state index contributed by atoms with van der Waals surface area (Å²) in [7, 11) is 0. The molecule has 0 fully saturated rings. The van der Waals surface area contributed by atoms with E-state index in [9.17, 15) is 0 Å². The predicted octanol–water partition coefficient (Wildman–Crippen LogP) is 3.48. The Kier molecular flexibility index (Phi) is 3.83. The van der Waals surface area contributed by atoms with Crippen LogP contribution in [0.5, 0.6) is 0 Å². The summed E-state index contributed by atoms with van der Waals surface area (Å²) in [6.07, 6.45) is 10.8. The van der Waals surface area contributed by atoms with E-state index in [2.05, 4.69) is 39.3 Å². The number of rotatable bonds is 3. The molecule has 0 saturated heterocycles. The Hall–Kier alpha value is -2.95. The summed E-state index contributed by atoms with van der Waals surface area (Å²) in [5.41, 5.74) is 10.5. The molecule has 1 aromatic carbocycles. The zero-order chi connectivity index (χ0) is 16.4. The highest BCUT2D eigenvalue weighted by Gasteiger charge is 2.18. The maximum Gasteiger partial charge on any atom is 0.221 e. The maximum atomic E-state index is 6.01. The van der Waals surface area contributed by atoms with Crippen LogP contribution in [0.1, 0.15) is 29.9 Å². The van der Waals surface area contributed by atoms with Crippen molar-refractivity contribution in [1.29, 1.82) is 0 Å². The lowest BCUT2D eigenvalue weighted by Crippen LogP contribution is -2.11. The van der Waals surface area contributed by atoms with E-state index in [1.807, 2.05) is 24.5 Å². The Labute approximate surface area is 140 Å². The van der Waals surface area contributed by atoms with Gasteiger partial charge in [0.15, 0.2) is 0 Å². The van der Waals surface area contributed by atoms with Gasteiger partial charge in [-0.25, -0.2) is 9.66 Å². The SMILES string of the molecule is Nc1nc(-c2cccnc2)cn1/N=C/C1CCCc2ccccc21. The van der Waals surface area contributed by atoms with Crippen LogP contribution in [0.2, 0.25) is 0 Å². The summed E-state index contributed by atoms with van der Waals surface area (Å²) in [4.78, 5) is 8.49. The minimum Gasteiger partial charge on any atom is -0.368 e. The van der Waals surface area contributed by atoms with Crippen molar-refractivity contribution in [2.45, 2.75) is 25.2 Å². The number of anilines is 1. The zero-order valence-corrected chi connectivity index (χ0v) is 13.3. The summed E-state index contributed by atoms with van der Waals surface area (Å²) in [5.74, 6) is 0.716. The number of imidazole rings is 1. The van der Waals surface area contributed by atoms with Crippen LogP contribution in [-0.2, 0) is 6.42 Å². The first-order valence-corrected chi connectivity index (χ1v) is 8.19. The molecule has 4 rings (SSSR count). The molecule has 1 atom stereocenters. The van der Waals surface area contributed by atoms with E-state index < -0.39 is 0 Å². The number of aryl methyl sites for hydroxylation is 1. The smallest absolute Gasteiger partial charge is 0.221 e. The maximum absolute atomic E-state index is 6.01. The van der Waals surface area contributed by atoms with Crippen LogP contribution in [-0.4, -0.2) is 20.9 Å². The van der Waals surface area contributed by atoms with Gasteiger partial charge < -0.3 is 5.73 Å². The second-order valence-electron chi connectivity index (χ2n) is 6.03. The van der Waals surface area contributed by atoms with E-state index >= 15 is 0 Å². The van der Waals surface area contributed by atoms with Gasteiger partial charge in [-0.15, -0.1) is 0 Å². The second kappa shape index (κ2) is 6.28. The number of nitrogens with zero attached hydrogens (tertiary/aromatic N) is 4. The predicted molar refractivity (Wildman–Crippen MR) is 95.9 cm³/mol. The summed E-state index contributed by atoms with van der Waals surface area (Å²) in [5, 5.41) is 4.56. The van der Waals surface area contributed by atoms with Crippen molar-refractivity contribution in [2.24, 2.45) is 5.10 Å². The third kappa shape index (κ3) is 2.80. The van der Waals surface area contributed by atoms with Crippen LogP contribution in [0.25, 0.3) is 11.3 Å². The highest BCUT2D eigenvalue weighted by molar-refractivity contribution is 5.69. The quantitative estimate of drug-likeness (QED) is 0.752. The van der Waals surface area contributed by atoms with Gasteiger partial charge in [-0.2, -0.15) is 5.10 Å². The minimum absolute atomic E-state index is 0.332. The highest BCUT2D eigenvalue weighted by atomic mass is 15.4. The molecule has 3 aromatic rings. The number of nitrogens with two attached hydrogens (primary N) is 1. The molecule has 1 aliphatic rings. The van der Waals surface area contributed by atoms with Gasteiger partial charge in [0.05, 0.1) is 11.9 Å². The fourth-order valence-corrected chi connectivity index (χ4v) is 3.23.